The Morgan fingerprint density at radius 2 is 1.97 bits per heavy atom. The van der Waals surface area contributed by atoms with E-state index in [1.54, 1.807) is 6.07 Å². The highest BCUT2D eigenvalue weighted by molar-refractivity contribution is 7.80. The first kappa shape index (κ1) is 22.1. The van der Waals surface area contributed by atoms with E-state index in [4.69, 9.17) is 17.0 Å². The van der Waals surface area contributed by atoms with Crippen LogP contribution < -0.4 is 10.1 Å². The maximum absolute atomic E-state index is 12.0. The van der Waals surface area contributed by atoms with Crippen LogP contribution >= 0.6 is 12.2 Å². The Labute approximate surface area is 181 Å². The smallest absolute Gasteiger partial charge is 0.311 e. The largest absolute Gasteiger partial charge is 0.487 e. The molecule has 1 N–H and O–H groups in total. The van der Waals surface area contributed by atoms with Crippen molar-refractivity contribution in [1.82, 2.24) is 5.32 Å². The number of nitro benzene ring substituents is 1. The number of ether oxygens (including phenoxy) is 1. The van der Waals surface area contributed by atoms with Gasteiger partial charge in [0.05, 0.1) is 28.5 Å². The normalized spacial score (nSPS) is 19.1. The van der Waals surface area contributed by atoms with Gasteiger partial charge in [-0.15, -0.1) is 0 Å². The zero-order valence-corrected chi connectivity index (χ0v) is 17.7. The molecule has 2 aliphatic rings. The number of ketones is 1. The minimum absolute atomic E-state index is 0.0446. The lowest BCUT2D eigenvalue weighted by molar-refractivity contribution is -0.385. The molecule has 2 fully saturated rings. The quantitative estimate of drug-likeness (QED) is 0.163. The molecule has 0 unspecified atom stereocenters. The van der Waals surface area contributed by atoms with Crippen LogP contribution in [0.25, 0.3) is 6.08 Å². The van der Waals surface area contributed by atoms with Gasteiger partial charge in [-0.05, 0) is 36.5 Å². The maximum Gasteiger partial charge on any atom is 0.311 e. The van der Waals surface area contributed by atoms with Gasteiger partial charge in [0.25, 0.3) is 5.91 Å². The first-order valence-electron chi connectivity index (χ1n) is 10.4. The van der Waals surface area contributed by atoms with Gasteiger partial charge in [-0.25, -0.2) is 0 Å². The van der Waals surface area contributed by atoms with E-state index in [2.05, 4.69) is 5.32 Å². The summed E-state index contributed by atoms with van der Waals surface area (Å²) in [5.74, 6) is 0.0248. The molecule has 0 atom stereocenters. The molecule has 1 aliphatic heterocycles. The third-order valence-electron chi connectivity index (χ3n) is 5.60. The molecular weight excluding hydrogens is 404 g/mol. The maximum atomic E-state index is 12.0. The number of benzene rings is 1. The van der Waals surface area contributed by atoms with Crippen molar-refractivity contribution in [2.24, 2.45) is 5.92 Å². The zero-order chi connectivity index (χ0) is 21.5. The highest BCUT2D eigenvalue weighted by Crippen LogP contribution is 2.30. The summed E-state index contributed by atoms with van der Waals surface area (Å²) in [6.45, 7) is 0.423. The van der Waals surface area contributed by atoms with E-state index < -0.39 is 16.6 Å². The zero-order valence-electron chi connectivity index (χ0n) is 16.9. The number of thiocarbonyl (C=S) groups is 1. The monoisotopic (exact) mass is 430 g/mol. The summed E-state index contributed by atoms with van der Waals surface area (Å²) < 4.78 is 5.66. The minimum atomic E-state index is -0.586. The fraction of sp³-hybridized carbons (Fsp3) is 0.500. The molecule has 0 radical (unpaired) electrons. The van der Waals surface area contributed by atoms with E-state index in [1.165, 1.54) is 56.7 Å². The standard InChI is InChI=1S/C22H26N2O5S/c25-19-14-21(30)23-22(26)17(19)12-16-9-10-20(18(13-16)24(27)28)29-11-5-4-8-15-6-2-1-3-7-15/h9-10,12-13,15H,1-8,11,14H2,(H,23,26,30)/b17-12+. The van der Waals surface area contributed by atoms with Crippen molar-refractivity contribution in [2.75, 3.05) is 6.61 Å². The second-order valence-electron chi connectivity index (χ2n) is 7.87. The summed E-state index contributed by atoms with van der Waals surface area (Å²) in [5, 5.41) is 13.9. The molecule has 0 aromatic heterocycles. The first-order chi connectivity index (χ1) is 14.4. The fourth-order valence-corrected chi connectivity index (χ4v) is 4.22. The number of hydrogen-bond donors (Lipinski definition) is 1. The third kappa shape index (κ3) is 5.95. The van der Waals surface area contributed by atoms with E-state index in [-0.39, 0.29) is 28.4 Å². The molecule has 1 aliphatic carbocycles. The van der Waals surface area contributed by atoms with Crippen LogP contribution in [0.5, 0.6) is 5.75 Å². The average Bonchev–Trinajstić information content (AvgIpc) is 2.71. The predicted molar refractivity (Wildman–Crippen MR) is 117 cm³/mol. The molecule has 8 heteroatoms. The second kappa shape index (κ2) is 10.4. The fourth-order valence-electron chi connectivity index (χ4n) is 4.00. The van der Waals surface area contributed by atoms with Crippen LogP contribution in [0.4, 0.5) is 5.69 Å². The number of unbranched alkanes of at least 4 members (excludes halogenated alkanes) is 1. The summed E-state index contributed by atoms with van der Waals surface area (Å²) in [7, 11) is 0. The van der Waals surface area contributed by atoms with Crippen molar-refractivity contribution in [3.05, 3.63) is 39.4 Å². The minimum Gasteiger partial charge on any atom is -0.487 e. The van der Waals surface area contributed by atoms with Crippen molar-refractivity contribution in [2.45, 2.75) is 57.8 Å². The van der Waals surface area contributed by atoms with Crippen LogP contribution in [0.2, 0.25) is 0 Å². The summed E-state index contributed by atoms with van der Waals surface area (Å²) in [5.41, 5.74) is 0.141. The van der Waals surface area contributed by atoms with E-state index in [1.807, 2.05) is 0 Å². The van der Waals surface area contributed by atoms with Gasteiger partial charge in [0.1, 0.15) is 0 Å². The number of piperidine rings is 1. The van der Waals surface area contributed by atoms with Crippen molar-refractivity contribution in [3.8, 4) is 5.75 Å². The van der Waals surface area contributed by atoms with E-state index in [0.717, 1.165) is 18.8 Å². The molecular formula is C22H26N2O5S. The van der Waals surface area contributed by atoms with Crippen molar-refractivity contribution >= 4 is 40.7 Å². The molecule has 7 nitrogen and oxygen atoms in total. The lowest BCUT2D eigenvalue weighted by Crippen LogP contribution is -2.39. The Hall–Kier alpha value is -2.61. The first-order valence-corrected chi connectivity index (χ1v) is 10.8. The Bertz CT molecular complexity index is 852. The topological polar surface area (TPSA) is 98.5 Å². The van der Waals surface area contributed by atoms with Crippen LogP contribution in [0.1, 0.15) is 63.4 Å². The molecule has 0 bridgehead atoms. The third-order valence-corrected chi connectivity index (χ3v) is 5.85. The van der Waals surface area contributed by atoms with Gasteiger partial charge in [0.2, 0.25) is 0 Å². The number of nitrogens with one attached hydrogen (secondary N) is 1. The number of rotatable bonds is 8. The summed E-state index contributed by atoms with van der Waals surface area (Å²) >= 11 is 4.86. The van der Waals surface area contributed by atoms with Gasteiger partial charge in [-0.2, -0.15) is 0 Å². The lowest BCUT2D eigenvalue weighted by Gasteiger charge is -2.21. The Balaban J connectivity index is 1.60. The number of nitro groups is 1. The average molecular weight is 431 g/mol. The van der Waals surface area contributed by atoms with Crippen LogP contribution in [0, 0.1) is 16.0 Å². The summed E-state index contributed by atoms with van der Waals surface area (Å²) in [6.07, 6.45) is 11.0. The molecule has 30 heavy (non-hydrogen) atoms. The Kier molecular flexibility index (Phi) is 7.68. The molecule has 1 amide bonds. The van der Waals surface area contributed by atoms with Gasteiger partial charge < -0.3 is 10.1 Å². The second-order valence-corrected chi connectivity index (χ2v) is 8.36. The van der Waals surface area contributed by atoms with Gasteiger partial charge in [-0.3, -0.25) is 19.7 Å². The highest BCUT2D eigenvalue weighted by Gasteiger charge is 2.26. The molecule has 1 heterocycles. The molecule has 0 spiro atoms. The molecule has 1 aromatic rings. The van der Waals surface area contributed by atoms with Crippen LogP contribution in [0.3, 0.4) is 0 Å². The van der Waals surface area contributed by atoms with E-state index >= 15 is 0 Å². The predicted octanol–water partition coefficient (Wildman–Crippen LogP) is 4.52. The molecule has 3 rings (SSSR count). The van der Waals surface area contributed by atoms with Crippen molar-refractivity contribution < 1.29 is 19.2 Å². The van der Waals surface area contributed by atoms with Crippen LogP contribution in [0.15, 0.2) is 23.8 Å². The summed E-state index contributed by atoms with van der Waals surface area (Å²) in [6, 6.07) is 4.43. The molecule has 160 valence electrons. The number of hydrogen-bond acceptors (Lipinski definition) is 6. The Morgan fingerprint density at radius 1 is 1.20 bits per heavy atom. The molecule has 1 saturated heterocycles. The SMILES string of the molecule is O=C1CC(=S)NC(=O)/C1=C/c1ccc(OCCCCC2CCCCC2)c([N+](=O)[O-])c1. The van der Waals surface area contributed by atoms with Crippen LogP contribution in [-0.2, 0) is 9.59 Å². The van der Waals surface area contributed by atoms with Gasteiger partial charge >= 0.3 is 5.69 Å². The highest BCUT2D eigenvalue weighted by atomic mass is 32.1. The van der Waals surface area contributed by atoms with Gasteiger partial charge in [0, 0.05) is 6.07 Å². The van der Waals surface area contributed by atoms with E-state index in [0.29, 0.717) is 12.2 Å². The number of carbonyl (C=O) groups excluding carboxylic acids is 2. The summed E-state index contributed by atoms with van der Waals surface area (Å²) in [4.78, 5) is 35.2. The van der Waals surface area contributed by atoms with Crippen LogP contribution in [-0.4, -0.2) is 28.2 Å². The molecule has 1 aromatic carbocycles. The lowest BCUT2D eigenvalue weighted by atomic mass is 9.86. The van der Waals surface area contributed by atoms with Crippen molar-refractivity contribution in [1.29, 1.82) is 0 Å². The van der Waals surface area contributed by atoms with Crippen molar-refractivity contribution in [3.63, 3.8) is 0 Å². The number of Topliss-reactive ketones (excluding diaryl/α,β-unsaturated/α-hetero) is 1. The number of nitrogens with zero attached hydrogens (tertiary/aromatic N) is 1. The molecule has 1 saturated carbocycles. The van der Waals surface area contributed by atoms with Gasteiger partial charge in [-0.1, -0.05) is 56.8 Å². The number of carbonyl (C=O) groups is 2. The van der Waals surface area contributed by atoms with Gasteiger partial charge in [0.15, 0.2) is 11.5 Å². The Morgan fingerprint density at radius 3 is 2.67 bits per heavy atom. The number of amides is 1. The van der Waals surface area contributed by atoms with E-state index in [9.17, 15) is 19.7 Å².